The third-order valence-electron chi connectivity index (χ3n) is 4.22. The molecule has 1 aromatic carbocycles. The van der Waals surface area contributed by atoms with Crippen molar-refractivity contribution in [2.45, 2.75) is 38.5 Å². The van der Waals surface area contributed by atoms with Gasteiger partial charge in [0.25, 0.3) is 0 Å². The van der Waals surface area contributed by atoms with E-state index in [0.29, 0.717) is 6.54 Å². The normalized spacial score (nSPS) is 17.5. The van der Waals surface area contributed by atoms with Crippen LogP contribution in [-0.2, 0) is 11.2 Å². The second kappa shape index (κ2) is 7.34. The summed E-state index contributed by atoms with van der Waals surface area (Å²) in [5.74, 6) is -1.51. The summed E-state index contributed by atoms with van der Waals surface area (Å²) in [6, 6.07) is 3.31. The summed E-state index contributed by atoms with van der Waals surface area (Å²) in [4.78, 5) is 12.0. The molecule has 0 spiro atoms. The van der Waals surface area contributed by atoms with Crippen LogP contribution in [0.1, 0.15) is 37.7 Å². The van der Waals surface area contributed by atoms with E-state index in [1.807, 2.05) is 0 Å². The summed E-state index contributed by atoms with van der Waals surface area (Å²) >= 11 is 3.55. The molecule has 1 aliphatic carbocycles. The fraction of sp³-hybridized carbons (Fsp3) is 0.562. The smallest absolute Gasteiger partial charge is 0.224 e. The van der Waals surface area contributed by atoms with E-state index >= 15 is 0 Å². The molecule has 1 fully saturated rings. The number of nitrogens with one attached hydrogen (secondary N) is 1. The van der Waals surface area contributed by atoms with Crippen molar-refractivity contribution in [1.82, 2.24) is 5.32 Å². The van der Waals surface area contributed by atoms with Gasteiger partial charge >= 0.3 is 0 Å². The first-order valence-corrected chi connectivity index (χ1v) is 8.43. The molecule has 2 rings (SSSR count). The van der Waals surface area contributed by atoms with Crippen LogP contribution in [0, 0.1) is 17.0 Å². The van der Waals surface area contributed by atoms with Crippen LogP contribution >= 0.6 is 15.9 Å². The highest BCUT2D eigenvalue weighted by Gasteiger charge is 2.31. The molecule has 0 unspecified atom stereocenters. The second-order valence-electron chi connectivity index (χ2n) is 5.88. The molecular weight excluding hydrogens is 340 g/mol. The molecule has 0 radical (unpaired) electrons. The Bertz CT molecular complexity index is 501. The van der Waals surface area contributed by atoms with Crippen molar-refractivity contribution < 1.29 is 13.6 Å². The van der Waals surface area contributed by atoms with Crippen LogP contribution in [-0.4, -0.2) is 17.8 Å². The third kappa shape index (κ3) is 4.50. The molecule has 0 saturated heterocycles. The maximum atomic E-state index is 13.5. The molecule has 0 heterocycles. The van der Waals surface area contributed by atoms with Gasteiger partial charge in [-0.1, -0.05) is 41.3 Å². The molecule has 5 heteroatoms. The lowest BCUT2D eigenvalue weighted by atomic mass is 9.75. The van der Waals surface area contributed by atoms with Crippen molar-refractivity contribution in [3.8, 4) is 0 Å². The highest BCUT2D eigenvalue weighted by Crippen LogP contribution is 2.37. The highest BCUT2D eigenvalue weighted by molar-refractivity contribution is 9.09. The fourth-order valence-corrected chi connectivity index (χ4v) is 3.61. The van der Waals surface area contributed by atoms with Crippen molar-refractivity contribution in [2.24, 2.45) is 5.41 Å². The van der Waals surface area contributed by atoms with E-state index in [2.05, 4.69) is 21.2 Å². The van der Waals surface area contributed by atoms with Gasteiger partial charge in [-0.2, -0.15) is 0 Å². The van der Waals surface area contributed by atoms with Crippen LogP contribution in [0.5, 0.6) is 0 Å². The van der Waals surface area contributed by atoms with Gasteiger partial charge in [0.15, 0.2) is 0 Å². The SMILES string of the molecule is O=C(Cc1ccc(F)cc1F)NCC1(CBr)CCCCC1. The first kappa shape index (κ1) is 16.4. The molecule has 1 aromatic rings. The number of carbonyl (C=O) groups excluding carboxylic acids is 1. The van der Waals surface area contributed by atoms with Crippen LogP contribution < -0.4 is 5.32 Å². The summed E-state index contributed by atoms with van der Waals surface area (Å²) in [7, 11) is 0. The maximum absolute atomic E-state index is 13.5. The number of alkyl halides is 1. The quantitative estimate of drug-likeness (QED) is 0.791. The van der Waals surface area contributed by atoms with Gasteiger partial charge in [-0.15, -0.1) is 0 Å². The van der Waals surface area contributed by atoms with Gasteiger partial charge in [-0.05, 0) is 29.9 Å². The predicted molar refractivity (Wildman–Crippen MR) is 82.4 cm³/mol. The average molecular weight is 360 g/mol. The third-order valence-corrected chi connectivity index (χ3v) is 5.41. The van der Waals surface area contributed by atoms with Gasteiger partial charge in [0.05, 0.1) is 6.42 Å². The molecular formula is C16H20BrF2NO. The number of carbonyl (C=O) groups is 1. The predicted octanol–water partition coefficient (Wildman–Crippen LogP) is 3.97. The standard InChI is InChI=1S/C16H20BrF2NO/c17-10-16(6-2-1-3-7-16)11-20-15(21)8-12-4-5-13(18)9-14(12)19/h4-5,9H,1-3,6-8,10-11H2,(H,20,21). The molecule has 0 aromatic heterocycles. The minimum absolute atomic E-state index is 0.0511. The van der Waals surface area contributed by atoms with Gasteiger partial charge in [0, 0.05) is 17.9 Å². The van der Waals surface area contributed by atoms with Crippen LogP contribution in [0.25, 0.3) is 0 Å². The van der Waals surface area contributed by atoms with Crippen LogP contribution in [0.2, 0.25) is 0 Å². The summed E-state index contributed by atoms with van der Waals surface area (Å²) in [5.41, 5.74) is 0.348. The second-order valence-corrected chi connectivity index (χ2v) is 6.44. The van der Waals surface area contributed by atoms with Gasteiger partial charge in [0.2, 0.25) is 5.91 Å². The first-order valence-electron chi connectivity index (χ1n) is 7.31. The average Bonchev–Trinajstić information content (AvgIpc) is 2.49. The summed E-state index contributed by atoms with van der Waals surface area (Å²) in [6.07, 6.45) is 5.78. The fourth-order valence-electron chi connectivity index (χ4n) is 2.85. The van der Waals surface area contributed by atoms with Crippen molar-refractivity contribution in [3.63, 3.8) is 0 Å². The molecule has 1 amide bonds. The Kier molecular flexibility index (Phi) is 5.73. The molecule has 1 aliphatic rings. The van der Waals surface area contributed by atoms with Crippen LogP contribution in [0.3, 0.4) is 0 Å². The number of benzene rings is 1. The molecule has 0 atom stereocenters. The lowest BCUT2D eigenvalue weighted by Gasteiger charge is -2.35. The van der Waals surface area contributed by atoms with Crippen LogP contribution in [0.4, 0.5) is 8.78 Å². The zero-order valence-corrected chi connectivity index (χ0v) is 13.5. The Balaban J connectivity index is 1.89. The van der Waals surface area contributed by atoms with E-state index in [1.54, 1.807) is 0 Å². The molecule has 0 bridgehead atoms. The Morgan fingerprint density at radius 2 is 1.95 bits per heavy atom. The van der Waals surface area contributed by atoms with Gasteiger partial charge in [-0.25, -0.2) is 8.78 Å². The number of hydrogen-bond donors (Lipinski definition) is 1. The summed E-state index contributed by atoms with van der Waals surface area (Å²) in [6.45, 7) is 0.611. The summed E-state index contributed by atoms with van der Waals surface area (Å²) < 4.78 is 26.3. The maximum Gasteiger partial charge on any atom is 0.224 e. The minimum atomic E-state index is -0.668. The molecule has 1 N–H and O–H groups in total. The van der Waals surface area contributed by atoms with Crippen molar-refractivity contribution in [2.75, 3.05) is 11.9 Å². The Morgan fingerprint density at radius 1 is 1.24 bits per heavy atom. The van der Waals surface area contributed by atoms with Crippen molar-refractivity contribution in [1.29, 1.82) is 0 Å². The summed E-state index contributed by atoms with van der Waals surface area (Å²) in [5, 5.41) is 3.77. The number of hydrogen-bond acceptors (Lipinski definition) is 1. The zero-order chi connectivity index (χ0) is 15.3. The monoisotopic (exact) mass is 359 g/mol. The van der Waals surface area contributed by atoms with E-state index in [-0.39, 0.29) is 23.3 Å². The van der Waals surface area contributed by atoms with E-state index < -0.39 is 11.6 Å². The molecule has 1 saturated carbocycles. The zero-order valence-electron chi connectivity index (χ0n) is 11.9. The number of rotatable bonds is 5. The van der Waals surface area contributed by atoms with Gasteiger partial charge in [0.1, 0.15) is 11.6 Å². The van der Waals surface area contributed by atoms with Crippen molar-refractivity contribution in [3.05, 3.63) is 35.4 Å². The molecule has 116 valence electrons. The lowest BCUT2D eigenvalue weighted by Crippen LogP contribution is -2.40. The Hall–Kier alpha value is -0.970. The van der Waals surface area contributed by atoms with E-state index in [9.17, 15) is 13.6 Å². The minimum Gasteiger partial charge on any atom is -0.355 e. The van der Waals surface area contributed by atoms with Gasteiger partial charge < -0.3 is 5.32 Å². The van der Waals surface area contributed by atoms with E-state index in [0.717, 1.165) is 24.2 Å². The number of halogens is 3. The largest absolute Gasteiger partial charge is 0.355 e. The first-order chi connectivity index (χ1) is 10.0. The highest BCUT2D eigenvalue weighted by atomic mass is 79.9. The molecule has 0 aliphatic heterocycles. The van der Waals surface area contributed by atoms with Crippen LogP contribution in [0.15, 0.2) is 18.2 Å². The van der Waals surface area contributed by atoms with Gasteiger partial charge in [-0.3, -0.25) is 4.79 Å². The lowest BCUT2D eigenvalue weighted by molar-refractivity contribution is -0.121. The Labute approximate surface area is 132 Å². The number of amides is 1. The van der Waals surface area contributed by atoms with E-state index in [1.165, 1.54) is 31.4 Å². The Morgan fingerprint density at radius 3 is 2.57 bits per heavy atom. The topological polar surface area (TPSA) is 29.1 Å². The molecule has 2 nitrogen and oxygen atoms in total. The van der Waals surface area contributed by atoms with E-state index in [4.69, 9.17) is 0 Å². The molecule has 21 heavy (non-hydrogen) atoms. The van der Waals surface area contributed by atoms with Crippen molar-refractivity contribution >= 4 is 21.8 Å².